The number of hydrogen-bond donors (Lipinski definition) is 0. The number of hydrogen-bond acceptors (Lipinski definition) is 2. The minimum Gasteiger partial charge on any atom is -0.293 e. The standard InChI is InChI=1S/C14H16OS/c1-5-7-9-13-11(4)16-10(3)12(8-6-2)14(13)15/h5-9,11,13H,1-3H2,4H3/b9-7-,12-8+. The van der Waals surface area contributed by atoms with Crippen molar-refractivity contribution in [1.29, 1.82) is 0 Å². The van der Waals surface area contributed by atoms with E-state index in [1.165, 1.54) is 0 Å². The zero-order chi connectivity index (χ0) is 12.1. The highest BCUT2D eigenvalue weighted by Crippen LogP contribution is 2.39. The number of carbonyl (C=O) groups excluding carboxylic acids is 1. The molecule has 1 rings (SSSR count). The molecule has 1 saturated heterocycles. The van der Waals surface area contributed by atoms with Crippen molar-refractivity contribution in [2.24, 2.45) is 5.92 Å². The Hall–Kier alpha value is -1.28. The molecule has 0 amide bonds. The first-order valence-corrected chi connectivity index (χ1v) is 6.02. The van der Waals surface area contributed by atoms with Gasteiger partial charge < -0.3 is 0 Å². The van der Waals surface area contributed by atoms with Gasteiger partial charge in [-0.15, -0.1) is 11.8 Å². The van der Waals surface area contributed by atoms with E-state index in [2.05, 4.69) is 19.7 Å². The lowest BCUT2D eigenvalue weighted by atomic mass is 9.93. The first-order chi connectivity index (χ1) is 7.61. The maximum atomic E-state index is 12.2. The van der Waals surface area contributed by atoms with Crippen molar-refractivity contribution in [1.82, 2.24) is 0 Å². The molecule has 0 N–H and O–H groups in total. The molecule has 0 saturated carbocycles. The summed E-state index contributed by atoms with van der Waals surface area (Å²) in [5.41, 5.74) is 0.678. The molecule has 0 bridgehead atoms. The highest BCUT2D eigenvalue weighted by atomic mass is 32.2. The Kier molecular flexibility index (Phi) is 4.56. The average molecular weight is 232 g/mol. The third-order valence-corrected chi connectivity index (χ3v) is 3.61. The molecule has 1 heterocycles. The number of ketones is 1. The zero-order valence-corrected chi connectivity index (χ0v) is 10.3. The molecule has 1 aliphatic heterocycles. The van der Waals surface area contributed by atoms with Crippen LogP contribution in [0.25, 0.3) is 0 Å². The van der Waals surface area contributed by atoms with E-state index in [4.69, 9.17) is 0 Å². The fourth-order valence-electron chi connectivity index (χ4n) is 1.63. The van der Waals surface area contributed by atoms with Gasteiger partial charge in [-0.3, -0.25) is 4.79 Å². The van der Waals surface area contributed by atoms with Gasteiger partial charge in [-0.25, -0.2) is 0 Å². The number of allylic oxidation sites excluding steroid dienone is 6. The van der Waals surface area contributed by atoms with Crippen molar-refractivity contribution >= 4 is 17.5 Å². The van der Waals surface area contributed by atoms with E-state index < -0.39 is 0 Å². The van der Waals surface area contributed by atoms with E-state index in [1.807, 2.05) is 19.1 Å². The van der Waals surface area contributed by atoms with Crippen LogP contribution in [-0.2, 0) is 4.79 Å². The van der Waals surface area contributed by atoms with Gasteiger partial charge in [0.05, 0.1) is 5.92 Å². The average Bonchev–Trinajstić information content (AvgIpc) is 2.24. The van der Waals surface area contributed by atoms with E-state index in [0.717, 1.165) is 4.91 Å². The van der Waals surface area contributed by atoms with Crippen LogP contribution in [0.15, 0.2) is 60.6 Å². The van der Waals surface area contributed by atoms with Crippen molar-refractivity contribution in [3.63, 3.8) is 0 Å². The van der Waals surface area contributed by atoms with Gasteiger partial charge in [-0.2, -0.15) is 0 Å². The lowest BCUT2D eigenvalue weighted by Crippen LogP contribution is -2.28. The zero-order valence-electron chi connectivity index (χ0n) is 9.48. The minimum atomic E-state index is -0.0975. The fourth-order valence-corrected chi connectivity index (χ4v) is 2.73. The molecule has 0 aromatic heterocycles. The van der Waals surface area contributed by atoms with Crippen LogP contribution < -0.4 is 0 Å². The highest BCUT2D eigenvalue weighted by molar-refractivity contribution is 8.04. The Morgan fingerprint density at radius 3 is 2.56 bits per heavy atom. The molecule has 84 valence electrons. The van der Waals surface area contributed by atoms with E-state index in [0.29, 0.717) is 5.57 Å². The molecule has 0 spiro atoms. The Bertz CT molecular complexity index is 388. The Morgan fingerprint density at radius 1 is 1.31 bits per heavy atom. The monoisotopic (exact) mass is 232 g/mol. The Morgan fingerprint density at radius 2 is 2.00 bits per heavy atom. The van der Waals surface area contributed by atoms with Crippen molar-refractivity contribution < 1.29 is 4.79 Å². The molecular formula is C14H16OS. The summed E-state index contributed by atoms with van der Waals surface area (Å²) in [7, 11) is 0. The molecule has 0 aromatic rings. The van der Waals surface area contributed by atoms with E-state index >= 15 is 0 Å². The van der Waals surface area contributed by atoms with Crippen LogP contribution in [0.3, 0.4) is 0 Å². The summed E-state index contributed by atoms with van der Waals surface area (Å²) < 4.78 is 0. The molecule has 1 fully saturated rings. The lowest BCUT2D eigenvalue weighted by Gasteiger charge is -2.27. The Labute approximate surface area is 101 Å². The molecule has 2 heteroatoms. The third kappa shape index (κ3) is 2.64. The van der Waals surface area contributed by atoms with Crippen LogP contribution in [0.5, 0.6) is 0 Å². The second-order valence-corrected chi connectivity index (χ2v) is 5.04. The number of thioether (sulfide) groups is 1. The first-order valence-electron chi connectivity index (χ1n) is 5.14. The van der Waals surface area contributed by atoms with E-state index in [-0.39, 0.29) is 17.0 Å². The topological polar surface area (TPSA) is 17.1 Å². The van der Waals surface area contributed by atoms with Crippen LogP contribution in [0.4, 0.5) is 0 Å². The van der Waals surface area contributed by atoms with Gasteiger partial charge in [0.25, 0.3) is 0 Å². The summed E-state index contributed by atoms with van der Waals surface area (Å²) in [6.45, 7) is 13.2. The summed E-state index contributed by atoms with van der Waals surface area (Å²) in [5.74, 6) is 0.0222. The van der Waals surface area contributed by atoms with Crippen LogP contribution in [0.2, 0.25) is 0 Å². The molecule has 1 nitrogen and oxygen atoms in total. The third-order valence-electron chi connectivity index (χ3n) is 2.44. The van der Waals surface area contributed by atoms with Gasteiger partial charge in [0, 0.05) is 15.7 Å². The predicted octanol–water partition coefficient (Wildman–Crippen LogP) is 3.68. The van der Waals surface area contributed by atoms with E-state index in [1.54, 1.807) is 30.0 Å². The summed E-state index contributed by atoms with van der Waals surface area (Å²) in [6.07, 6.45) is 8.77. The molecule has 0 radical (unpaired) electrons. The van der Waals surface area contributed by atoms with Crippen molar-refractivity contribution in [3.05, 3.63) is 60.6 Å². The second-order valence-electron chi connectivity index (χ2n) is 3.57. The predicted molar refractivity (Wildman–Crippen MR) is 72.3 cm³/mol. The van der Waals surface area contributed by atoms with Gasteiger partial charge in [-0.1, -0.05) is 57.0 Å². The molecule has 1 aliphatic rings. The fraction of sp³-hybridized carbons (Fsp3) is 0.214. The lowest BCUT2D eigenvalue weighted by molar-refractivity contribution is -0.117. The number of Topliss-reactive ketones (excluding diaryl/α,β-unsaturated/α-hetero) is 1. The Balaban J connectivity index is 3.03. The SMILES string of the molecule is C=C/C=C\C1C(=O)/C(=C/C=C)C(=C)SC1C. The van der Waals surface area contributed by atoms with Gasteiger partial charge in [0.2, 0.25) is 0 Å². The quantitative estimate of drug-likeness (QED) is 0.545. The molecule has 0 aromatic carbocycles. The van der Waals surface area contributed by atoms with Gasteiger partial charge in [0.15, 0.2) is 5.78 Å². The number of rotatable bonds is 3. The summed E-state index contributed by atoms with van der Waals surface area (Å²) in [6, 6.07) is 0. The normalized spacial score (nSPS) is 28.7. The molecule has 2 atom stereocenters. The van der Waals surface area contributed by atoms with Crippen LogP contribution in [-0.4, -0.2) is 11.0 Å². The maximum absolute atomic E-state index is 12.2. The van der Waals surface area contributed by atoms with Gasteiger partial charge in [0.1, 0.15) is 0 Å². The van der Waals surface area contributed by atoms with Gasteiger partial charge in [-0.05, 0) is 0 Å². The van der Waals surface area contributed by atoms with Crippen molar-refractivity contribution in [2.75, 3.05) is 0 Å². The highest BCUT2D eigenvalue weighted by Gasteiger charge is 2.32. The van der Waals surface area contributed by atoms with Crippen LogP contribution in [0.1, 0.15) is 6.92 Å². The minimum absolute atomic E-state index is 0.0975. The van der Waals surface area contributed by atoms with Crippen molar-refractivity contribution in [3.8, 4) is 0 Å². The smallest absolute Gasteiger partial charge is 0.171 e. The molecule has 2 unspecified atom stereocenters. The maximum Gasteiger partial charge on any atom is 0.171 e. The van der Waals surface area contributed by atoms with Crippen molar-refractivity contribution in [2.45, 2.75) is 12.2 Å². The first kappa shape index (κ1) is 12.8. The second kappa shape index (κ2) is 5.71. The van der Waals surface area contributed by atoms with E-state index in [9.17, 15) is 4.79 Å². The molecular weight excluding hydrogens is 216 g/mol. The molecule has 16 heavy (non-hydrogen) atoms. The van der Waals surface area contributed by atoms with Crippen LogP contribution >= 0.6 is 11.8 Å². The summed E-state index contributed by atoms with van der Waals surface area (Å²) >= 11 is 1.63. The van der Waals surface area contributed by atoms with Crippen LogP contribution in [0, 0.1) is 5.92 Å². The molecule has 0 aliphatic carbocycles. The van der Waals surface area contributed by atoms with Gasteiger partial charge >= 0.3 is 0 Å². The summed E-state index contributed by atoms with van der Waals surface area (Å²) in [5, 5.41) is 0.221. The number of carbonyl (C=O) groups is 1. The summed E-state index contributed by atoms with van der Waals surface area (Å²) in [4.78, 5) is 13.0. The largest absolute Gasteiger partial charge is 0.293 e.